The van der Waals surface area contributed by atoms with Crippen LogP contribution in [0.25, 0.3) is 0 Å². The molecule has 0 aliphatic carbocycles. The van der Waals surface area contributed by atoms with Gasteiger partial charge in [0.2, 0.25) is 0 Å². The van der Waals surface area contributed by atoms with Gasteiger partial charge in [0.25, 0.3) is 0 Å². The van der Waals surface area contributed by atoms with Crippen molar-refractivity contribution >= 4 is 23.0 Å². The number of nitrogens with one attached hydrogen (secondary N) is 1. The summed E-state index contributed by atoms with van der Waals surface area (Å²) in [4.78, 5) is 10.3. The first-order chi connectivity index (χ1) is 5.68. The molecule has 0 fully saturated rings. The molecule has 3 nitrogen and oxygen atoms in total. The lowest BCUT2D eigenvalue weighted by Crippen LogP contribution is -2.18. The Bertz CT molecular complexity index is 246. The van der Waals surface area contributed by atoms with Gasteiger partial charge in [-0.15, -0.1) is 0 Å². The van der Waals surface area contributed by atoms with Crippen LogP contribution in [0.5, 0.6) is 0 Å². The topological polar surface area (TPSA) is 49.3 Å². The van der Waals surface area contributed by atoms with Gasteiger partial charge >= 0.3 is 5.97 Å². The molecule has 1 heterocycles. The first-order valence-corrected chi connectivity index (χ1v) is 4.63. The minimum absolute atomic E-state index is 0.0166. The molecule has 0 spiro atoms. The average molecular weight is 185 g/mol. The number of carbonyl (C=O) groups is 1. The fraction of sp³-hybridized carbons (Fsp3) is 0.375. The quantitative estimate of drug-likeness (QED) is 0.754. The third-order valence-electron chi connectivity index (χ3n) is 1.42. The number of aliphatic carboxylic acids is 1. The van der Waals surface area contributed by atoms with Crippen molar-refractivity contribution in [3.8, 4) is 0 Å². The molecule has 0 saturated heterocycles. The molecule has 0 unspecified atom stereocenters. The summed E-state index contributed by atoms with van der Waals surface area (Å²) in [6.45, 7) is 1.85. The summed E-state index contributed by atoms with van der Waals surface area (Å²) in [5.41, 5.74) is 0.994. The number of hydrogen-bond acceptors (Lipinski definition) is 3. The molecule has 66 valence electrons. The highest BCUT2D eigenvalue weighted by Gasteiger charge is 2.06. The Morgan fingerprint density at radius 1 is 1.83 bits per heavy atom. The predicted molar refractivity (Wildman–Crippen MR) is 49.7 cm³/mol. The summed E-state index contributed by atoms with van der Waals surface area (Å²) >= 11 is 1.59. The van der Waals surface area contributed by atoms with Crippen molar-refractivity contribution in [2.24, 2.45) is 0 Å². The monoisotopic (exact) mass is 185 g/mol. The van der Waals surface area contributed by atoms with Crippen molar-refractivity contribution in [2.45, 2.75) is 19.4 Å². The van der Waals surface area contributed by atoms with Gasteiger partial charge in [0.05, 0.1) is 6.42 Å². The largest absolute Gasteiger partial charge is 0.481 e. The highest BCUT2D eigenvalue weighted by Crippen LogP contribution is 2.13. The van der Waals surface area contributed by atoms with Crippen molar-refractivity contribution in [1.82, 2.24) is 0 Å². The molecule has 12 heavy (non-hydrogen) atoms. The van der Waals surface area contributed by atoms with Crippen LogP contribution in [0.4, 0.5) is 5.69 Å². The first kappa shape index (κ1) is 9.06. The maximum atomic E-state index is 10.3. The zero-order valence-electron chi connectivity index (χ0n) is 6.78. The second-order valence-electron chi connectivity index (χ2n) is 2.66. The van der Waals surface area contributed by atoms with E-state index >= 15 is 0 Å². The summed E-state index contributed by atoms with van der Waals surface area (Å²) in [7, 11) is 0. The van der Waals surface area contributed by atoms with Crippen molar-refractivity contribution < 1.29 is 9.90 Å². The van der Waals surface area contributed by atoms with Gasteiger partial charge < -0.3 is 10.4 Å². The van der Waals surface area contributed by atoms with E-state index in [0.717, 1.165) is 5.69 Å². The zero-order chi connectivity index (χ0) is 8.97. The summed E-state index contributed by atoms with van der Waals surface area (Å²) in [5.74, 6) is -0.773. The van der Waals surface area contributed by atoms with Crippen molar-refractivity contribution in [3.63, 3.8) is 0 Å². The van der Waals surface area contributed by atoms with Gasteiger partial charge in [-0.1, -0.05) is 0 Å². The summed E-state index contributed by atoms with van der Waals surface area (Å²) < 4.78 is 0. The third kappa shape index (κ3) is 2.92. The number of carboxylic acids is 1. The molecule has 1 atom stereocenters. The predicted octanol–water partition coefficient (Wildman–Crippen LogP) is 2.02. The van der Waals surface area contributed by atoms with Crippen LogP contribution in [-0.2, 0) is 4.79 Å². The van der Waals surface area contributed by atoms with Gasteiger partial charge in [-0.3, -0.25) is 4.79 Å². The molecule has 0 aliphatic rings. The molecular formula is C8H11NO2S. The molecule has 0 aromatic carbocycles. The molecule has 1 aromatic rings. The Hall–Kier alpha value is -1.03. The minimum atomic E-state index is -0.773. The molecule has 0 aliphatic heterocycles. The fourth-order valence-electron chi connectivity index (χ4n) is 0.944. The Labute approximate surface area is 75.0 Å². The number of carboxylic acid groups (broad SMARTS) is 1. The normalized spacial score (nSPS) is 12.4. The molecule has 1 aromatic heterocycles. The van der Waals surface area contributed by atoms with Gasteiger partial charge in [-0.25, -0.2) is 0 Å². The van der Waals surface area contributed by atoms with Crippen LogP contribution in [0, 0.1) is 0 Å². The van der Waals surface area contributed by atoms with Crippen molar-refractivity contribution in [3.05, 3.63) is 16.8 Å². The Balaban J connectivity index is 2.36. The summed E-state index contributed by atoms with van der Waals surface area (Å²) in [5, 5.41) is 15.5. The summed E-state index contributed by atoms with van der Waals surface area (Å²) in [6, 6.07) is 1.92. The lowest BCUT2D eigenvalue weighted by Gasteiger charge is -2.10. The van der Waals surface area contributed by atoms with E-state index in [1.807, 2.05) is 23.8 Å². The van der Waals surface area contributed by atoms with Crippen LogP contribution >= 0.6 is 11.3 Å². The van der Waals surface area contributed by atoms with E-state index in [9.17, 15) is 4.79 Å². The maximum Gasteiger partial charge on any atom is 0.305 e. The first-order valence-electron chi connectivity index (χ1n) is 3.69. The molecule has 2 N–H and O–H groups in total. The molecule has 0 bridgehead atoms. The average Bonchev–Trinajstić information content (AvgIpc) is 2.37. The Morgan fingerprint density at radius 3 is 3.08 bits per heavy atom. The van der Waals surface area contributed by atoms with Gasteiger partial charge in [-0.05, 0) is 18.4 Å². The van der Waals surface area contributed by atoms with E-state index in [-0.39, 0.29) is 12.5 Å². The van der Waals surface area contributed by atoms with Crippen LogP contribution in [-0.4, -0.2) is 17.1 Å². The lowest BCUT2D eigenvalue weighted by atomic mass is 10.2. The molecule has 0 saturated carbocycles. The van der Waals surface area contributed by atoms with Gasteiger partial charge in [0.1, 0.15) is 0 Å². The Morgan fingerprint density at radius 2 is 2.58 bits per heavy atom. The highest BCUT2D eigenvalue weighted by molar-refractivity contribution is 7.08. The van der Waals surface area contributed by atoms with E-state index in [1.54, 1.807) is 11.3 Å². The maximum absolute atomic E-state index is 10.3. The molecular weight excluding hydrogens is 174 g/mol. The van der Waals surface area contributed by atoms with Crippen LogP contribution in [0.3, 0.4) is 0 Å². The van der Waals surface area contributed by atoms with Crippen molar-refractivity contribution in [1.29, 1.82) is 0 Å². The van der Waals surface area contributed by atoms with Gasteiger partial charge in [0.15, 0.2) is 0 Å². The fourth-order valence-corrected chi connectivity index (χ4v) is 1.54. The molecule has 0 amide bonds. The van der Waals surface area contributed by atoms with Gasteiger partial charge in [-0.2, -0.15) is 11.3 Å². The van der Waals surface area contributed by atoms with E-state index in [1.165, 1.54) is 0 Å². The molecule has 0 radical (unpaired) electrons. The van der Waals surface area contributed by atoms with Crippen LogP contribution in [0.1, 0.15) is 13.3 Å². The standard InChI is InChI=1S/C8H11NO2S/c1-6(4-8(10)11)9-7-2-3-12-5-7/h2-3,5-6,9H,4H2,1H3,(H,10,11)/t6-/m0/s1. The summed E-state index contributed by atoms with van der Waals surface area (Å²) in [6.07, 6.45) is 0.149. The number of rotatable bonds is 4. The molecule has 4 heteroatoms. The number of hydrogen-bond donors (Lipinski definition) is 2. The zero-order valence-corrected chi connectivity index (χ0v) is 7.60. The lowest BCUT2D eigenvalue weighted by molar-refractivity contribution is -0.137. The van der Waals surface area contributed by atoms with Crippen LogP contribution in [0.2, 0.25) is 0 Å². The van der Waals surface area contributed by atoms with E-state index in [4.69, 9.17) is 5.11 Å². The van der Waals surface area contributed by atoms with E-state index < -0.39 is 5.97 Å². The number of thiophene rings is 1. The highest BCUT2D eigenvalue weighted by atomic mass is 32.1. The van der Waals surface area contributed by atoms with Gasteiger partial charge in [0, 0.05) is 17.1 Å². The second kappa shape index (κ2) is 4.11. The Kier molecular flexibility index (Phi) is 3.10. The minimum Gasteiger partial charge on any atom is -0.481 e. The van der Waals surface area contributed by atoms with Crippen molar-refractivity contribution in [2.75, 3.05) is 5.32 Å². The number of anilines is 1. The van der Waals surface area contributed by atoms with Crippen LogP contribution < -0.4 is 5.32 Å². The van der Waals surface area contributed by atoms with E-state index in [2.05, 4.69) is 5.32 Å². The smallest absolute Gasteiger partial charge is 0.305 e. The molecule has 1 rings (SSSR count). The second-order valence-corrected chi connectivity index (χ2v) is 3.44. The SMILES string of the molecule is C[C@@H](CC(=O)O)Nc1ccsc1. The van der Waals surface area contributed by atoms with Crippen LogP contribution in [0.15, 0.2) is 16.8 Å². The van der Waals surface area contributed by atoms with E-state index in [0.29, 0.717) is 0 Å². The third-order valence-corrected chi connectivity index (χ3v) is 2.10.